The van der Waals surface area contributed by atoms with Gasteiger partial charge in [0, 0.05) is 13.2 Å². The second-order valence-electron chi connectivity index (χ2n) is 4.16. The Bertz CT molecular complexity index is 523. The summed E-state index contributed by atoms with van der Waals surface area (Å²) in [4.78, 5) is 4.32. The van der Waals surface area contributed by atoms with Gasteiger partial charge in [0.2, 0.25) is 5.88 Å². The molecule has 0 aliphatic carbocycles. The summed E-state index contributed by atoms with van der Waals surface area (Å²) in [6.07, 6.45) is 2.94. The van der Waals surface area contributed by atoms with E-state index in [9.17, 15) is 0 Å². The van der Waals surface area contributed by atoms with Crippen LogP contribution in [0.25, 0.3) is 11.4 Å². The maximum Gasteiger partial charge on any atom is 0.213 e. The van der Waals surface area contributed by atoms with Crippen molar-refractivity contribution in [2.45, 2.75) is 26.0 Å². The number of hydrogen-bond donors (Lipinski definition) is 0. The predicted molar refractivity (Wildman–Crippen MR) is 70.9 cm³/mol. The van der Waals surface area contributed by atoms with Gasteiger partial charge in [-0.3, -0.25) is 0 Å². The molecule has 6 heteroatoms. The molecule has 2 rings (SSSR count). The molecule has 2 aromatic heterocycles. The maximum atomic E-state index is 5.33. The quantitative estimate of drug-likeness (QED) is 0.794. The van der Waals surface area contributed by atoms with E-state index in [2.05, 4.69) is 22.2 Å². The van der Waals surface area contributed by atoms with Crippen molar-refractivity contribution in [3.8, 4) is 17.3 Å². The van der Waals surface area contributed by atoms with Crippen molar-refractivity contribution in [2.24, 2.45) is 0 Å². The lowest BCUT2D eigenvalue weighted by atomic mass is 10.2. The first kappa shape index (κ1) is 13.5. The predicted octanol–water partition coefficient (Wildman–Crippen LogP) is 1.77. The van der Waals surface area contributed by atoms with Gasteiger partial charge in [0.15, 0.2) is 0 Å². The average molecular weight is 262 g/mol. The van der Waals surface area contributed by atoms with Crippen LogP contribution in [-0.4, -0.2) is 40.3 Å². The third kappa shape index (κ3) is 3.29. The summed E-state index contributed by atoms with van der Waals surface area (Å²) >= 11 is 0. The molecule has 19 heavy (non-hydrogen) atoms. The molecular formula is C13H18N4O2. The lowest BCUT2D eigenvalue weighted by Gasteiger charge is -2.11. The Kier molecular flexibility index (Phi) is 4.46. The molecule has 0 fully saturated rings. The third-order valence-corrected chi connectivity index (χ3v) is 2.91. The highest BCUT2D eigenvalue weighted by atomic mass is 16.5. The molecule has 102 valence electrons. The van der Waals surface area contributed by atoms with Crippen LogP contribution in [0.2, 0.25) is 0 Å². The van der Waals surface area contributed by atoms with E-state index < -0.39 is 0 Å². The van der Waals surface area contributed by atoms with E-state index in [1.165, 1.54) is 0 Å². The van der Waals surface area contributed by atoms with Gasteiger partial charge in [-0.1, -0.05) is 18.2 Å². The van der Waals surface area contributed by atoms with Crippen molar-refractivity contribution in [1.29, 1.82) is 0 Å². The van der Waals surface area contributed by atoms with E-state index in [1.807, 2.05) is 18.3 Å². The minimum atomic E-state index is 0.146. The maximum absolute atomic E-state index is 5.33. The van der Waals surface area contributed by atoms with Gasteiger partial charge in [-0.15, -0.1) is 5.10 Å². The normalized spacial score (nSPS) is 12.4. The SMILES string of the molecule is CCC(Cn1cc(-c2cccc(OC)n2)nn1)OC. The van der Waals surface area contributed by atoms with Crippen molar-refractivity contribution in [1.82, 2.24) is 20.0 Å². The summed E-state index contributed by atoms with van der Waals surface area (Å²) in [5, 5.41) is 8.21. The van der Waals surface area contributed by atoms with Gasteiger partial charge in [-0.05, 0) is 12.5 Å². The minimum Gasteiger partial charge on any atom is -0.481 e. The minimum absolute atomic E-state index is 0.146. The molecule has 0 radical (unpaired) electrons. The molecule has 0 saturated carbocycles. The number of rotatable bonds is 6. The number of nitrogens with zero attached hydrogens (tertiary/aromatic N) is 4. The second-order valence-corrected chi connectivity index (χ2v) is 4.16. The van der Waals surface area contributed by atoms with Crippen LogP contribution in [0.5, 0.6) is 5.88 Å². The summed E-state index contributed by atoms with van der Waals surface area (Å²) in [5.74, 6) is 0.565. The number of ether oxygens (including phenoxy) is 2. The molecule has 0 N–H and O–H groups in total. The van der Waals surface area contributed by atoms with Crippen LogP contribution < -0.4 is 4.74 Å². The Morgan fingerprint density at radius 1 is 1.26 bits per heavy atom. The number of hydrogen-bond acceptors (Lipinski definition) is 5. The number of pyridine rings is 1. The highest BCUT2D eigenvalue weighted by Crippen LogP contribution is 2.17. The van der Waals surface area contributed by atoms with Crippen molar-refractivity contribution in [2.75, 3.05) is 14.2 Å². The van der Waals surface area contributed by atoms with Crippen molar-refractivity contribution >= 4 is 0 Å². The summed E-state index contributed by atoms with van der Waals surface area (Å²) in [7, 11) is 3.29. The van der Waals surface area contributed by atoms with E-state index in [-0.39, 0.29) is 6.10 Å². The molecule has 1 atom stereocenters. The molecule has 2 heterocycles. The molecule has 0 aromatic carbocycles. The molecule has 0 aliphatic rings. The van der Waals surface area contributed by atoms with Crippen LogP contribution in [0.3, 0.4) is 0 Å². The molecule has 2 aromatic rings. The van der Waals surface area contributed by atoms with Crippen LogP contribution in [-0.2, 0) is 11.3 Å². The number of methoxy groups -OCH3 is 2. The molecule has 1 unspecified atom stereocenters. The molecular weight excluding hydrogens is 244 g/mol. The standard InChI is InChI=1S/C13H18N4O2/c1-4-10(18-2)8-17-9-12(15-16-17)11-6-5-7-13(14-11)19-3/h5-7,9-10H,4,8H2,1-3H3. The summed E-state index contributed by atoms with van der Waals surface area (Å²) in [5.41, 5.74) is 1.47. The summed E-state index contributed by atoms with van der Waals surface area (Å²) in [6.45, 7) is 2.76. The first-order valence-electron chi connectivity index (χ1n) is 6.21. The zero-order chi connectivity index (χ0) is 13.7. The van der Waals surface area contributed by atoms with Gasteiger partial charge in [-0.2, -0.15) is 0 Å². The topological polar surface area (TPSA) is 62.1 Å². The second kappa shape index (κ2) is 6.29. The molecule has 0 amide bonds. The lowest BCUT2D eigenvalue weighted by Crippen LogP contribution is -2.17. The highest BCUT2D eigenvalue weighted by Gasteiger charge is 2.10. The van der Waals surface area contributed by atoms with Crippen LogP contribution >= 0.6 is 0 Å². The Balaban J connectivity index is 2.15. The summed E-state index contributed by atoms with van der Waals surface area (Å²) < 4.78 is 12.2. The fourth-order valence-electron chi connectivity index (χ4n) is 1.76. The Hall–Kier alpha value is -1.95. The van der Waals surface area contributed by atoms with Crippen molar-refractivity contribution in [3.63, 3.8) is 0 Å². The number of aromatic nitrogens is 4. The van der Waals surface area contributed by atoms with Gasteiger partial charge in [-0.25, -0.2) is 9.67 Å². The molecule has 0 saturated heterocycles. The van der Waals surface area contributed by atoms with Crippen LogP contribution in [0, 0.1) is 0 Å². The van der Waals surface area contributed by atoms with Gasteiger partial charge >= 0.3 is 0 Å². The smallest absolute Gasteiger partial charge is 0.213 e. The molecule has 6 nitrogen and oxygen atoms in total. The largest absolute Gasteiger partial charge is 0.481 e. The van der Waals surface area contributed by atoms with Crippen LogP contribution in [0.15, 0.2) is 24.4 Å². The molecule has 0 aliphatic heterocycles. The Morgan fingerprint density at radius 2 is 2.11 bits per heavy atom. The molecule has 0 bridgehead atoms. The van der Waals surface area contributed by atoms with E-state index >= 15 is 0 Å². The van der Waals surface area contributed by atoms with Gasteiger partial charge in [0.05, 0.1) is 31.6 Å². The first-order chi connectivity index (χ1) is 9.26. The zero-order valence-electron chi connectivity index (χ0n) is 11.4. The Morgan fingerprint density at radius 3 is 2.79 bits per heavy atom. The molecule has 0 spiro atoms. The van der Waals surface area contributed by atoms with E-state index in [1.54, 1.807) is 25.0 Å². The van der Waals surface area contributed by atoms with Crippen molar-refractivity contribution < 1.29 is 9.47 Å². The summed E-state index contributed by atoms with van der Waals surface area (Å²) in [6, 6.07) is 5.56. The monoisotopic (exact) mass is 262 g/mol. The van der Waals surface area contributed by atoms with Crippen molar-refractivity contribution in [3.05, 3.63) is 24.4 Å². The fourth-order valence-corrected chi connectivity index (χ4v) is 1.76. The van der Waals surface area contributed by atoms with Crippen LogP contribution in [0.1, 0.15) is 13.3 Å². The Labute approximate surface area is 112 Å². The third-order valence-electron chi connectivity index (χ3n) is 2.91. The van der Waals surface area contributed by atoms with Gasteiger partial charge < -0.3 is 9.47 Å². The first-order valence-corrected chi connectivity index (χ1v) is 6.21. The van der Waals surface area contributed by atoms with Crippen LogP contribution in [0.4, 0.5) is 0 Å². The zero-order valence-corrected chi connectivity index (χ0v) is 11.4. The average Bonchev–Trinajstić information content (AvgIpc) is 2.93. The van der Waals surface area contributed by atoms with Gasteiger partial charge in [0.1, 0.15) is 5.69 Å². The lowest BCUT2D eigenvalue weighted by molar-refractivity contribution is 0.0810. The fraction of sp³-hybridized carbons (Fsp3) is 0.462. The van der Waals surface area contributed by atoms with E-state index in [4.69, 9.17) is 9.47 Å². The highest BCUT2D eigenvalue weighted by molar-refractivity contribution is 5.52. The van der Waals surface area contributed by atoms with Gasteiger partial charge in [0.25, 0.3) is 0 Å². The van der Waals surface area contributed by atoms with E-state index in [0.29, 0.717) is 12.4 Å². The van der Waals surface area contributed by atoms with E-state index in [0.717, 1.165) is 17.8 Å².